The molecule has 0 unspecified atom stereocenters. The van der Waals surface area contributed by atoms with Gasteiger partial charge >= 0.3 is 6.03 Å². The smallest absolute Gasteiger partial charge is 0.319 e. The third kappa shape index (κ3) is 5.21. The van der Waals surface area contributed by atoms with E-state index in [9.17, 15) is 4.79 Å². The Morgan fingerprint density at radius 3 is 2.68 bits per heavy atom. The zero-order valence-electron chi connectivity index (χ0n) is 17.0. The van der Waals surface area contributed by atoms with Crippen LogP contribution in [0.4, 0.5) is 16.3 Å². The Kier molecular flexibility index (Phi) is 6.47. The first-order valence-corrected chi connectivity index (χ1v) is 10.3. The number of rotatable bonds is 5. The van der Waals surface area contributed by atoms with E-state index in [0.29, 0.717) is 23.0 Å². The SMILES string of the molecule is COc1ccc([C@@H]2CN(c3ccncn3)CC[C@H]2NC(=O)Nc2ccc(Cl)cc2)nc1. The lowest BCUT2D eigenvalue weighted by Crippen LogP contribution is -2.51. The van der Waals surface area contributed by atoms with Crippen molar-refractivity contribution < 1.29 is 9.53 Å². The van der Waals surface area contributed by atoms with E-state index in [1.54, 1.807) is 50.1 Å². The van der Waals surface area contributed by atoms with Gasteiger partial charge in [0, 0.05) is 47.7 Å². The molecule has 0 radical (unpaired) electrons. The van der Waals surface area contributed by atoms with Crippen molar-refractivity contribution in [2.24, 2.45) is 0 Å². The third-order valence-electron chi connectivity index (χ3n) is 5.30. The molecule has 0 aliphatic carbocycles. The van der Waals surface area contributed by atoms with E-state index in [4.69, 9.17) is 16.3 Å². The molecular formula is C22H23ClN6O2. The molecule has 0 bridgehead atoms. The van der Waals surface area contributed by atoms with Crippen molar-refractivity contribution in [1.29, 1.82) is 0 Å². The molecule has 1 aliphatic heterocycles. The molecule has 2 aromatic heterocycles. The number of piperidine rings is 1. The molecule has 1 fully saturated rings. The lowest BCUT2D eigenvalue weighted by molar-refractivity contribution is 0.243. The number of urea groups is 1. The fourth-order valence-electron chi connectivity index (χ4n) is 3.70. The Morgan fingerprint density at radius 1 is 1.16 bits per heavy atom. The summed E-state index contributed by atoms with van der Waals surface area (Å²) in [5.74, 6) is 1.53. The fourth-order valence-corrected chi connectivity index (χ4v) is 3.83. The summed E-state index contributed by atoms with van der Waals surface area (Å²) < 4.78 is 5.23. The van der Waals surface area contributed by atoms with Gasteiger partial charge in [0.2, 0.25) is 0 Å². The fraction of sp³-hybridized carbons (Fsp3) is 0.273. The molecule has 1 aromatic carbocycles. The molecule has 3 heterocycles. The van der Waals surface area contributed by atoms with Gasteiger partial charge in [0.1, 0.15) is 17.9 Å². The number of carbonyl (C=O) groups excluding carboxylic acids is 1. The van der Waals surface area contributed by atoms with Gasteiger partial charge in [-0.3, -0.25) is 4.98 Å². The van der Waals surface area contributed by atoms with Crippen LogP contribution in [0.2, 0.25) is 5.02 Å². The summed E-state index contributed by atoms with van der Waals surface area (Å²) in [5, 5.41) is 6.60. The molecule has 2 atom stereocenters. The molecule has 2 amide bonds. The van der Waals surface area contributed by atoms with Crippen molar-refractivity contribution in [2.45, 2.75) is 18.4 Å². The van der Waals surface area contributed by atoms with Crippen molar-refractivity contribution in [2.75, 3.05) is 30.4 Å². The molecular weight excluding hydrogens is 416 g/mol. The van der Waals surface area contributed by atoms with Gasteiger partial charge in [-0.2, -0.15) is 0 Å². The average Bonchev–Trinajstić information content (AvgIpc) is 2.81. The number of carbonyl (C=O) groups is 1. The molecule has 1 aliphatic rings. The van der Waals surface area contributed by atoms with E-state index < -0.39 is 0 Å². The molecule has 0 spiro atoms. The predicted octanol–water partition coefficient (Wildman–Crippen LogP) is 3.72. The lowest BCUT2D eigenvalue weighted by Gasteiger charge is -2.39. The maximum atomic E-state index is 12.7. The van der Waals surface area contributed by atoms with Crippen LogP contribution in [0.3, 0.4) is 0 Å². The summed E-state index contributed by atoms with van der Waals surface area (Å²) in [6.07, 6.45) is 5.72. The standard InChI is InChI=1S/C22H23ClN6O2/c1-31-17-6-7-19(25-12-17)18-13-29(21-8-10-24-14-26-21)11-9-20(18)28-22(30)27-16-4-2-15(23)3-5-16/h2-8,10,12,14,18,20H,9,11,13H2,1H3,(H2,27,28,30)/t18-,20+/m0/s1. The minimum absolute atomic E-state index is 0.0226. The first kappa shape index (κ1) is 20.9. The van der Waals surface area contributed by atoms with Crippen molar-refractivity contribution >= 4 is 29.1 Å². The maximum absolute atomic E-state index is 12.7. The quantitative estimate of drug-likeness (QED) is 0.630. The van der Waals surface area contributed by atoms with Crippen molar-refractivity contribution in [1.82, 2.24) is 20.3 Å². The number of halogens is 1. The second-order valence-electron chi connectivity index (χ2n) is 7.24. The second kappa shape index (κ2) is 9.61. The number of aromatic nitrogens is 3. The maximum Gasteiger partial charge on any atom is 0.319 e. The highest BCUT2D eigenvalue weighted by molar-refractivity contribution is 6.30. The summed E-state index contributed by atoms with van der Waals surface area (Å²) in [5.41, 5.74) is 1.57. The van der Waals surface area contributed by atoms with Crippen molar-refractivity contribution in [3.63, 3.8) is 0 Å². The van der Waals surface area contributed by atoms with Gasteiger partial charge in [0.25, 0.3) is 0 Å². The van der Waals surface area contributed by atoms with Crippen LogP contribution in [0.25, 0.3) is 0 Å². The Bertz CT molecular complexity index is 1000. The Hall–Kier alpha value is -3.39. The molecule has 3 aromatic rings. The van der Waals surface area contributed by atoms with E-state index in [1.165, 1.54) is 0 Å². The monoisotopic (exact) mass is 438 g/mol. The molecule has 0 saturated carbocycles. The molecule has 1 saturated heterocycles. The number of ether oxygens (including phenoxy) is 1. The number of hydrogen-bond acceptors (Lipinski definition) is 6. The van der Waals surface area contributed by atoms with Crippen molar-refractivity contribution in [3.05, 3.63) is 71.9 Å². The Balaban J connectivity index is 1.51. The van der Waals surface area contributed by atoms with Crippen LogP contribution >= 0.6 is 11.6 Å². The summed E-state index contributed by atoms with van der Waals surface area (Å²) in [7, 11) is 1.61. The molecule has 8 nitrogen and oxygen atoms in total. The van der Waals surface area contributed by atoms with E-state index in [2.05, 4.69) is 30.5 Å². The summed E-state index contributed by atoms with van der Waals surface area (Å²) in [4.78, 5) is 27.8. The highest BCUT2D eigenvalue weighted by Gasteiger charge is 2.33. The van der Waals surface area contributed by atoms with Gasteiger partial charge in [-0.15, -0.1) is 0 Å². The first-order valence-electron chi connectivity index (χ1n) is 9.96. The minimum atomic E-state index is -0.263. The van der Waals surface area contributed by atoms with Gasteiger partial charge in [-0.25, -0.2) is 14.8 Å². The zero-order valence-corrected chi connectivity index (χ0v) is 17.8. The number of amides is 2. The number of pyridine rings is 1. The number of methoxy groups -OCH3 is 1. The molecule has 9 heteroatoms. The largest absolute Gasteiger partial charge is 0.495 e. The van der Waals surface area contributed by atoms with E-state index in [-0.39, 0.29) is 18.0 Å². The van der Waals surface area contributed by atoms with Gasteiger partial charge in [0.05, 0.1) is 13.3 Å². The van der Waals surface area contributed by atoms with E-state index in [0.717, 1.165) is 24.5 Å². The topological polar surface area (TPSA) is 92.3 Å². The average molecular weight is 439 g/mol. The summed E-state index contributed by atoms with van der Waals surface area (Å²) in [6, 6.07) is 12.4. The lowest BCUT2D eigenvalue weighted by atomic mass is 9.88. The van der Waals surface area contributed by atoms with Crippen LogP contribution in [0.5, 0.6) is 5.75 Å². The highest BCUT2D eigenvalue weighted by atomic mass is 35.5. The molecule has 4 rings (SSSR count). The van der Waals surface area contributed by atoms with Crippen molar-refractivity contribution in [3.8, 4) is 5.75 Å². The number of nitrogens with one attached hydrogen (secondary N) is 2. The van der Waals surface area contributed by atoms with Crippen LogP contribution < -0.4 is 20.3 Å². The van der Waals surface area contributed by atoms with E-state index in [1.807, 2.05) is 18.2 Å². The molecule has 31 heavy (non-hydrogen) atoms. The van der Waals surface area contributed by atoms with Gasteiger partial charge in [0.15, 0.2) is 0 Å². The second-order valence-corrected chi connectivity index (χ2v) is 7.68. The van der Waals surface area contributed by atoms with Gasteiger partial charge < -0.3 is 20.3 Å². The number of benzene rings is 1. The highest BCUT2D eigenvalue weighted by Crippen LogP contribution is 2.29. The van der Waals surface area contributed by atoms with Crippen LogP contribution in [0.1, 0.15) is 18.0 Å². The normalized spacial score (nSPS) is 18.3. The third-order valence-corrected chi connectivity index (χ3v) is 5.55. The summed E-state index contributed by atoms with van der Waals surface area (Å²) in [6.45, 7) is 1.43. The Morgan fingerprint density at radius 2 is 2.00 bits per heavy atom. The van der Waals surface area contributed by atoms with Crippen LogP contribution in [-0.4, -0.2) is 47.2 Å². The van der Waals surface area contributed by atoms with E-state index >= 15 is 0 Å². The van der Waals surface area contributed by atoms with Crippen LogP contribution in [-0.2, 0) is 0 Å². The number of nitrogens with zero attached hydrogens (tertiary/aromatic N) is 4. The zero-order chi connectivity index (χ0) is 21.6. The molecule has 160 valence electrons. The first-order chi connectivity index (χ1) is 15.1. The minimum Gasteiger partial charge on any atom is -0.495 e. The van der Waals surface area contributed by atoms with Crippen LogP contribution in [0.15, 0.2) is 61.2 Å². The molecule has 2 N–H and O–H groups in total. The Labute approximate surface area is 185 Å². The number of hydrogen-bond donors (Lipinski definition) is 2. The van der Waals surface area contributed by atoms with Gasteiger partial charge in [-0.05, 0) is 48.9 Å². The number of anilines is 2. The van der Waals surface area contributed by atoms with Crippen LogP contribution in [0, 0.1) is 0 Å². The summed E-state index contributed by atoms with van der Waals surface area (Å²) >= 11 is 5.92. The predicted molar refractivity (Wildman–Crippen MR) is 120 cm³/mol. The van der Waals surface area contributed by atoms with Gasteiger partial charge in [-0.1, -0.05) is 11.6 Å².